The van der Waals surface area contributed by atoms with Crippen molar-refractivity contribution in [3.63, 3.8) is 0 Å². The molecule has 0 unspecified atom stereocenters. The molecule has 1 N–H and O–H groups in total. The summed E-state index contributed by atoms with van der Waals surface area (Å²) in [6.45, 7) is 0.262. The van der Waals surface area contributed by atoms with Crippen LogP contribution in [0.4, 0.5) is 14.7 Å². The minimum absolute atomic E-state index is 0.109. The van der Waals surface area contributed by atoms with Crippen LogP contribution in [-0.4, -0.2) is 19.4 Å². The van der Waals surface area contributed by atoms with Crippen LogP contribution in [0, 0.1) is 11.9 Å². The minimum atomic E-state index is -0.920. The van der Waals surface area contributed by atoms with Crippen molar-refractivity contribution in [2.24, 2.45) is 0 Å². The molecule has 1 aromatic carbocycles. The summed E-state index contributed by atoms with van der Waals surface area (Å²) >= 11 is 0. The molecule has 0 amide bonds. The summed E-state index contributed by atoms with van der Waals surface area (Å²) in [6.07, 6.45) is 1.89. The molecule has 124 valence electrons. The second kappa shape index (κ2) is 6.27. The first kappa shape index (κ1) is 15.2. The lowest BCUT2D eigenvalue weighted by atomic mass is 10.1. The maximum atomic E-state index is 13.2. The molecule has 0 aliphatic rings. The quantitative estimate of drug-likeness (QED) is 0.577. The highest BCUT2D eigenvalue weighted by atomic mass is 19.1. The Labute approximate surface area is 142 Å². The van der Waals surface area contributed by atoms with E-state index in [4.69, 9.17) is 0 Å². The van der Waals surface area contributed by atoms with Crippen LogP contribution >= 0.6 is 0 Å². The van der Waals surface area contributed by atoms with Crippen molar-refractivity contribution in [2.45, 2.75) is 6.54 Å². The highest BCUT2D eigenvalue weighted by molar-refractivity contribution is 5.66. The number of imidazole rings is 1. The van der Waals surface area contributed by atoms with Gasteiger partial charge in [-0.05, 0) is 12.1 Å². The van der Waals surface area contributed by atoms with Gasteiger partial charge in [-0.3, -0.25) is 0 Å². The fourth-order valence-corrected chi connectivity index (χ4v) is 2.67. The van der Waals surface area contributed by atoms with Gasteiger partial charge in [0, 0.05) is 17.8 Å². The minimum Gasteiger partial charge on any atom is -0.348 e. The molecule has 0 atom stereocenters. The van der Waals surface area contributed by atoms with E-state index < -0.39 is 11.9 Å². The monoisotopic (exact) mass is 337 g/mol. The lowest BCUT2D eigenvalue weighted by molar-refractivity contribution is 0.527. The number of pyridine rings is 1. The van der Waals surface area contributed by atoms with Gasteiger partial charge >= 0.3 is 0 Å². The summed E-state index contributed by atoms with van der Waals surface area (Å²) in [4.78, 5) is 11.8. The summed E-state index contributed by atoms with van der Waals surface area (Å²) in [5, 5.41) is 2.87. The van der Waals surface area contributed by atoms with E-state index in [-0.39, 0.29) is 12.5 Å². The Hall–Kier alpha value is -3.35. The van der Waals surface area contributed by atoms with E-state index in [1.165, 1.54) is 0 Å². The molecule has 0 radical (unpaired) electrons. The van der Waals surface area contributed by atoms with E-state index in [2.05, 4.69) is 20.3 Å². The molecule has 4 aromatic rings. The Bertz CT molecular complexity index is 1010. The molecule has 0 bridgehead atoms. The van der Waals surface area contributed by atoms with Crippen LogP contribution in [0.25, 0.3) is 16.9 Å². The van der Waals surface area contributed by atoms with E-state index in [1.54, 1.807) is 0 Å². The lowest BCUT2D eigenvalue weighted by Gasteiger charge is -2.07. The number of benzene rings is 1. The number of nitrogens with zero attached hydrogens (tertiary/aromatic N) is 4. The van der Waals surface area contributed by atoms with Gasteiger partial charge < -0.3 is 9.72 Å². The Morgan fingerprint density at radius 1 is 0.880 bits per heavy atom. The number of halogens is 2. The summed E-state index contributed by atoms with van der Waals surface area (Å²) in [5.74, 6) is -1.95. The average molecular weight is 337 g/mol. The second-order valence-electron chi connectivity index (χ2n) is 5.39. The number of rotatable bonds is 4. The number of anilines is 1. The number of nitrogens with one attached hydrogen (secondary N) is 1. The maximum absolute atomic E-state index is 13.2. The van der Waals surface area contributed by atoms with Crippen LogP contribution in [0.2, 0.25) is 0 Å². The smallest absolute Gasteiger partial charge is 0.228 e. The van der Waals surface area contributed by atoms with Crippen LogP contribution in [0.1, 0.15) is 5.69 Å². The van der Waals surface area contributed by atoms with E-state index in [0.29, 0.717) is 6.07 Å². The van der Waals surface area contributed by atoms with Gasteiger partial charge in [0.1, 0.15) is 5.65 Å². The molecule has 25 heavy (non-hydrogen) atoms. The van der Waals surface area contributed by atoms with Crippen molar-refractivity contribution in [1.29, 1.82) is 0 Å². The maximum Gasteiger partial charge on any atom is 0.228 e. The first-order chi connectivity index (χ1) is 12.2. The molecular weight excluding hydrogens is 324 g/mol. The molecule has 3 heterocycles. The predicted molar refractivity (Wildman–Crippen MR) is 89.9 cm³/mol. The van der Waals surface area contributed by atoms with Gasteiger partial charge in [0.2, 0.25) is 17.8 Å². The fraction of sp³-hybridized carbons (Fsp3) is 0.0556. The lowest BCUT2D eigenvalue weighted by Crippen LogP contribution is -2.08. The van der Waals surface area contributed by atoms with Crippen LogP contribution in [0.3, 0.4) is 0 Å². The Kier molecular flexibility index (Phi) is 3.81. The average Bonchev–Trinajstić information content (AvgIpc) is 2.98. The number of hydrogen-bond donors (Lipinski definition) is 1. The van der Waals surface area contributed by atoms with Gasteiger partial charge in [0.15, 0.2) is 0 Å². The molecule has 0 saturated carbocycles. The van der Waals surface area contributed by atoms with E-state index >= 15 is 0 Å². The molecule has 5 nitrogen and oxygen atoms in total. The molecule has 0 spiro atoms. The third-order valence-electron chi connectivity index (χ3n) is 3.75. The number of fused-ring (bicyclic) bond motifs is 1. The Morgan fingerprint density at radius 2 is 1.60 bits per heavy atom. The third-order valence-corrected chi connectivity index (χ3v) is 3.75. The summed E-state index contributed by atoms with van der Waals surface area (Å²) < 4.78 is 28.4. The zero-order chi connectivity index (χ0) is 17.2. The second-order valence-corrected chi connectivity index (χ2v) is 5.39. The van der Waals surface area contributed by atoms with Gasteiger partial charge in [-0.25, -0.2) is 4.98 Å². The van der Waals surface area contributed by atoms with Crippen molar-refractivity contribution >= 4 is 11.6 Å². The van der Waals surface area contributed by atoms with E-state index in [9.17, 15) is 8.78 Å². The van der Waals surface area contributed by atoms with Crippen molar-refractivity contribution in [3.8, 4) is 11.3 Å². The number of aromatic nitrogens is 4. The zero-order valence-electron chi connectivity index (χ0n) is 13.0. The standard InChI is InChI=1S/C18H13F2N5/c19-14-10-15(20)23-18(22-14)21-11-13-17(12-6-2-1-3-7-12)24-16-8-4-5-9-25(13)16/h1-10H,11H2,(H,21,22,23). The van der Waals surface area contributed by atoms with Crippen LogP contribution in [0.15, 0.2) is 60.8 Å². The summed E-state index contributed by atoms with van der Waals surface area (Å²) in [6, 6.07) is 16.0. The zero-order valence-corrected chi connectivity index (χ0v) is 13.0. The van der Waals surface area contributed by atoms with Crippen LogP contribution in [0.5, 0.6) is 0 Å². The van der Waals surface area contributed by atoms with Crippen molar-refractivity contribution in [2.75, 3.05) is 5.32 Å². The molecule has 3 aromatic heterocycles. The summed E-state index contributed by atoms with van der Waals surface area (Å²) in [7, 11) is 0. The normalized spacial score (nSPS) is 11.0. The van der Waals surface area contributed by atoms with Crippen LogP contribution in [-0.2, 0) is 6.54 Å². The van der Waals surface area contributed by atoms with Crippen LogP contribution < -0.4 is 5.32 Å². The van der Waals surface area contributed by atoms with Gasteiger partial charge in [-0.15, -0.1) is 0 Å². The molecular formula is C18H13F2N5. The first-order valence-electron chi connectivity index (χ1n) is 7.66. The SMILES string of the molecule is Fc1cc(F)nc(NCc2c(-c3ccccc3)nc3ccccn23)n1. The van der Waals surface area contributed by atoms with Crippen molar-refractivity contribution < 1.29 is 8.78 Å². The molecule has 0 aliphatic heterocycles. The van der Waals surface area contributed by atoms with Gasteiger partial charge in [-0.1, -0.05) is 36.4 Å². The van der Waals surface area contributed by atoms with Gasteiger partial charge in [0.05, 0.1) is 17.9 Å². The molecule has 7 heteroatoms. The highest BCUT2D eigenvalue weighted by Crippen LogP contribution is 2.24. The Balaban J connectivity index is 1.75. The molecule has 4 rings (SSSR count). The van der Waals surface area contributed by atoms with E-state index in [0.717, 1.165) is 22.6 Å². The number of hydrogen-bond acceptors (Lipinski definition) is 4. The summed E-state index contributed by atoms with van der Waals surface area (Å²) in [5.41, 5.74) is 3.37. The van der Waals surface area contributed by atoms with Crippen molar-refractivity contribution in [1.82, 2.24) is 19.4 Å². The van der Waals surface area contributed by atoms with Crippen molar-refractivity contribution in [3.05, 3.63) is 78.4 Å². The van der Waals surface area contributed by atoms with Gasteiger partial charge in [0.25, 0.3) is 0 Å². The molecule has 0 aliphatic carbocycles. The molecule has 0 fully saturated rings. The highest BCUT2D eigenvalue weighted by Gasteiger charge is 2.14. The first-order valence-corrected chi connectivity index (χ1v) is 7.66. The van der Waals surface area contributed by atoms with Gasteiger partial charge in [-0.2, -0.15) is 18.7 Å². The topological polar surface area (TPSA) is 55.1 Å². The fourth-order valence-electron chi connectivity index (χ4n) is 2.67. The third kappa shape index (κ3) is 3.03. The molecule has 0 saturated heterocycles. The van der Waals surface area contributed by atoms with E-state index in [1.807, 2.05) is 59.1 Å². The predicted octanol–water partition coefficient (Wildman–Crippen LogP) is 3.68. The largest absolute Gasteiger partial charge is 0.348 e. The Morgan fingerprint density at radius 3 is 2.36 bits per heavy atom.